The molecule has 0 amide bonds. The van der Waals surface area contributed by atoms with Crippen molar-refractivity contribution in [1.29, 1.82) is 0 Å². The van der Waals surface area contributed by atoms with E-state index >= 15 is 0 Å². The first kappa shape index (κ1) is 33.4. The Hall–Kier alpha value is -6.94. The number of fused-ring (bicyclic) bond motifs is 6. The van der Waals surface area contributed by atoms with Gasteiger partial charge in [0.15, 0.2) is 5.82 Å². The maximum absolute atomic E-state index is 5.29. The van der Waals surface area contributed by atoms with Gasteiger partial charge in [-0.2, -0.15) is 0 Å². The molecule has 1 unspecified atom stereocenters. The van der Waals surface area contributed by atoms with E-state index in [4.69, 9.17) is 9.97 Å². The summed E-state index contributed by atoms with van der Waals surface area (Å²) in [5.41, 5.74) is 15.8. The third kappa shape index (κ3) is 5.54. The Labute approximate surface area is 336 Å². The van der Waals surface area contributed by atoms with Crippen LogP contribution in [-0.4, -0.2) is 9.97 Å². The minimum atomic E-state index is -0.285. The molecule has 1 aliphatic carbocycles. The third-order valence-electron chi connectivity index (χ3n) is 11.8. The van der Waals surface area contributed by atoms with Gasteiger partial charge in [0.25, 0.3) is 0 Å². The Morgan fingerprint density at radius 3 is 1.84 bits per heavy atom. The monoisotopic (exact) mass is 744 g/mol. The largest absolute Gasteiger partial charge is 0.228 e. The van der Waals surface area contributed by atoms with E-state index in [1.807, 2.05) is 17.4 Å². The van der Waals surface area contributed by atoms with E-state index in [1.54, 1.807) is 0 Å². The van der Waals surface area contributed by atoms with E-state index in [9.17, 15) is 0 Å². The van der Waals surface area contributed by atoms with E-state index < -0.39 is 0 Å². The highest BCUT2D eigenvalue weighted by molar-refractivity contribution is 7.25. The van der Waals surface area contributed by atoms with Crippen LogP contribution in [0.2, 0.25) is 0 Å². The van der Waals surface area contributed by atoms with Gasteiger partial charge < -0.3 is 0 Å². The number of thiophene rings is 1. The van der Waals surface area contributed by atoms with E-state index in [2.05, 4.69) is 201 Å². The first-order valence-corrected chi connectivity index (χ1v) is 20.3. The summed E-state index contributed by atoms with van der Waals surface area (Å²) in [5, 5.41) is 2.62. The average Bonchev–Trinajstić information content (AvgIpc) is 3.79. The molecule has 0 fully saturated rings. The average molecular weight is 745 g/mol. The lowest BCUT2D eigenvalue weighted by Crippen LogP contribution is -2.22. The Kier molecular flexibility index (Phi) is 7.84. The number of hydrogen-bond acceptors (Lipinski definition) is 3. The molecule has 0 radical (unpaired) electrons. The summed E-state index contributed by atoms with van der Waals surface area (Å²) >= 11 is 1.85. The smallest absolute Gasteiger partial charge is 0.160 e. The van der Waals surface area contributed by atoms with E-state index in [1.165, 1.54) is 59.1 Å². The lowest BCUT2D eigenvalue weighted by molar-refractivity contribution is 0.714. The van der Waals surface area contributed by atoms with Gasteiger partial charge in [0.05, 0.1) is 11.4 Å². The maximum Gasteiger partial charge on any atom is 0.160 e. The Bertz CT molecular complexity index is 3140. The summed E-state index contributed by atoms with van der Waals surface area (Å²) in [6.07, 6.45) is 0. The molecule has 3 heteroatoms. The molecule has 0 bridgehead atoms. The molecule has 11 rings (SSSR count). The molecular formula is C54H36N2S. The molecular weight excluding hydrogens is 709 g/mol. The topological polar surface area (TPSA) is 25.8 Å². The van der Waals surface area contributed by atoms with Crippen LogP contribution in [0, 0.1) is 0 Å². The molecule has 2 aromatic heterocycles. The zero-order valence-corrected chi connectivity index (χ0v) is 32.2. The highest BCUT2D eigenvalue weighted by Gasteiger charge is 2.40. The normalized spacial score (nSPS) is 14.5. The Morgan fingerprint density at radius 1 is 0.368 bits per heavy atom. The van der Waals surface area contributed by atoms with Crippen molar-refractivity contribution in [2.45, 2.75) is 12.3 Å². The van der Waals surface area contributed by atoms with Crippen LogP contribution in [0.15, 0.2) is 200 Å². The molecule has 1 atom stereocenters. The molecule has 2 nitrogen and oxygen atoms in total. The SMILES string of the molecule is CC1(c2ccccc2)c2ccccc2-c2ccc(-c3ccccc3-c3cc(-c4cccc(-c5ccc6c(c5)sc5ccccc56)c4)nc(-c4ccccc4)n3)cc21. The van der Waals surface area contributed by atoms with E-state index in [0.29, 0.717) is 5.82 Å². The van der Waals surface area contributed by atoms with Gasteiger partial charge in [-0.1, -0.05) is 170 Å². The molecule has 10 aromatic rings. The number of aromatic nitrogens is 2. The van der Waals surface area contributed by atoms with Gasteiger partial charge in [-0.3, -0.25) is 0 Å². The van der Waals surface area contributed by atoms with E-state index in [0.717, 1.165) is 39.2 Å². The van der Waals surface area contributed by atoms with Crippen LogP contribution in [0.4, 0.5) is 0 Å². The fourth-order valence-electron chi connectivity index (χ4n) is 8.91. The standard InChI is InChI=1S/C54H36N2S/c1-54(40-19-6-3-7-20-40)47-25-12-10-22-42(47)43-29-28-38(32-48(43)54)41-21-8-9-23-44(41)50-34-49(55-53(56-50)35-15-4-2-5-16-35)39-18-14-17-36(31-39)37-27-30-46-45-24-11-13-26-51(45)57-52(46)33-37/h2-34H,1H3. The van der Waals surface area contributed by atoms with Crippen LogP contribution in [0.1, 0.15) is 23.6 Å². The second-order valence-corrected chi connectivity index (χ2v) is 16.1. The predicted molar refractivity (Wildman–Crippen MR) is 240 cm³/mol. The summed E-state index contributed by atoms with van der Waals surface area (Å²) in [7, 11) is 0. The van der Waals surface area contributed by atoms with Crippen LogP contribution in [0.5, 0.6) is 0 Å². The molecule has 8 aromatic carbocycles. The van der Waals surface area contributed by atoms with Crippen LogP contribution >= 0.6 is 11.3 Å². The van der Waals surface area contributed by atoms with Gasteiger partial charge in [-0.05, 0) is 87.3 Å². The van der Waals surface area contributed by atoms with Crippen molar-refractivity contribution in [2.75, 3.05) is 0 Å². The first-order valence-electron chi connectivity index (χ1n) is 19.5. The number of hydrogen-bond donors (Lipinski definition) is 0. The Morgan fingerprint density at radius 2 is 0.982 bits per heavy atom. The molecule has 0 saturated heterocycles. The molecule has 1 aliphatic rings. The van der Waals surface area contributed by atoms with Gasteiger partial charge in [-0.25, -0.2) is 9.97 Å². The zero-order chi connectivity index (χ0) is 37.9. The minimum Gasteiger partial charge on any atom is -0.228 e. The number of benzene rings is 8. The fourth-order valence-corrected chi connectivity index (χ4v) is 10.1. The van der Waals surface area contributed by atoms with Gasteiger partial charge >= 0.3 is 0 Å². The second-order valence-electron chi connectivity index (χ2n) is 15.1. The van der Waals surface area contributed by atoms with Gasteiger partial charge in [0.2, 0.25) is 0 Å². The molecule has 268 valence electrons. The van der Waals surface area contributed by atoms with Crippen molar-refractivity contribution in [2.24, 2.45) is 0 Å². The van der Waals surface area contributed by atoms with Crippen LogP contribution in [0.25, 0.3) is 87.5 Å². The fraction of sp³-hybridized carbons (Fsp3) is 0.0370. The molecule has 57 heavy (non-hydrogen) atoms. The maximum atomic E-state index is 5.29. The van der Waals surface area contributed by atoms with E-state index in [-0.39, 0.29) is 5.41 Å². The summed E-state index contributed by atoms with van der Waals surface area (Å²) in [6.45, 7) is 2.38. The predicted octanol–water partition coefficient (Wildman–Crippen LogP) is 14.5. The van der Waals surface area contributed by atoms with Crippen molar-refractivity contribution < 1.29 is 0 Å². The molecule has 0 saturated carbocycles. The second kappa shape index (κ2) is 13.4. The zero-order valence-electron chi connectivity index (χ0n) is 31.4. The molecule has 0 N–H and O–H groups in total. The van der Waals surface area contributed by atoms with Crippen LogP contribution in [-0.2, 0) is 5.41 Å². The highest BCUT2D eigenvalue weighted by Crippen LogP contribution is 2.53. The lowest BCUT2D eigenvalue weighted by atomic mass is 9.74. The first-order chi connectivity index (χ1) is 28.1. The minimum absolute atomic E-state index is 0.285. The van der Waals surface area contributed by atoms with Crippen LogP contribution in [0.3, 0.4) is 0 Å². The summed E-state index contributed by atoms with van der Waals surface area (Å²) in [6, 6.07) is 72.3. The molecule has 0 aliphatic heterocycles. The summed E-state index contributed by atoms with van der Waals surface area (Å²) in [4.78, 5) is 10.5. The molecule has 0 spiro atoms. The van der Waals surface area contributed by atoms with Crippen molar-refractivity contribution in [3.63, 3.8) is 0 Å². The highest BCUT2D eigenvalue weighted by atomic mass is 32.1. The Balaban J connectivity index is 1.05. The van der Waals surface area contributed by atoms with Crippen molar-refractivity contribution in [3.05, 3.63) is 217 Å². The van der Waals surface area contributed by atoms with Crippen molar-refractivity contribution >= 4 is 31.5 Å². The van der Waals surface area contributed by atoms with Gasteiger partial charge in [0, 0.05) is 42.3 Å². The van der Waals surface area contributed by atoms with Gasteiger partial charge in [0.1, 0.15) is 0 Å². The third-order valence-corrected chi connectivity index (χ3v) is 12.9. The molecule has 2 heterocycles. The number of rotatable bonds is 6. The van der Waals surface area contributed by atoms with Crippen LogP contribution < -0.4 is 0 Å². The number of nitrogens with zero attached hydrogens (tertiary/aromatic N) is 2. The van der Waals surface area contributed by atoms with Crippen molar-refractivity contribution in [3.8, 4) is 67.3 Å². The quantitative estimate of drug-likeness (QED) is 0.169. The summed E-state index contributed by atoms with van der Waals surface area (Å²) < 4.78 is 2.61. The summed E-state index contributed by atoms with van der Waals surface area (Å²) in [5.74, 6) is 0.705. The van der Waals surface area contributed by atoms with Crippen molar-refractivity contribution in [1.82, 2.24) is 9.97 Å². The van der Waals surface area contributed by atoms with Gasteiger partial charge in [-0.15, -0.1) is 11.3 Å². The lowest BCUT2D eigenvalue weighted by Gasteiger charge is -2.28.